The van der Waals surface area contributed by atoms with Crippen molar-refractivity contribution in [3.63, 3.8) is 0 Å². The fourth-order valence-electron chi connectivity index (χ4n) is 1.22. The van der Waals surface area contributed by atoms with Crippen molar-refractivity contribution in [2.24, 2.45) is 0 Å². The fourth-order valence-corrected chi connectivity index (χ4v) is 1.68. The smallest absolute Gasteiger partial charge is 0.325 e. The minimum Gasteiger partial charge on any atom is -0.491 e. The molecule has 1 aromatic rings. The van der Waals surface area contributed by atoms with Crippen molar-refractivity contribution in [2.45, 2.75) is 19.4 Å². The average Bonchev–Trinajstić information content (AvgIpc) is 2.31. The Bertz CT molecular complexity index is 479. The van der Waals surface area contributed by atoms with Crippen LogP contribution in [0.5, 0.6) is 5.75 Å². The van der Waals surface area contributed by atoms with Gasteiger partial charge in [-0.15, -0.1) is 0 Å². The molecule has 104 valence electrons. The molecule has 1 amide bonds. The van der Waals surface area contributed by atoms with Crippen LogP contribution in [0.15, 0.2) is 18.2 Å². The Hall–Kier alpha value is -1.46. The predicted molar refractivity (Wildman–Crippen MR) is 71.8 cm³/mol. The molecule has 0 saturated carbocycles. The molecule has 0 aliphatic heterocycles. The van der Waals surface area contributed by atoms with E-state index in [0.29, 0.717) is 15.8 Å². The van der Waals surface area contributed by atoms with Crippen LogP contribution in [0.1, 0.15) is 13.3 Å². The van der Waals surface area contributed by atoms with Gasteiger partial charge >= 0.3 is 5.97 Å². The zero-order valence-corrected chi connectivity index (χ0v) is 11.7. The third-order valence-electron chi connectivity index (χ3n) is 2.23. The highest BCUT2D eigenvalue weighted by molar-refractivity contribution is 6.35. The van der Waals surface area contributed by atoms with Gasteiger partial charge in [-0.25, -0.2) is 0 Å². The first-order valence-corrected chi connectivity index (χ1v) is 6.25. The number of amides is 1. The predicted octanol–water partition coefficient (Wildman–Crippen LogP) is 2.35. The molecule has 5 nitrogen and oxygen atoms in total. The maximum Gasteiger partial charge on any atom is 0.325 e. The number of halogens is 2. The van der Waals surface area contributed by atoms with E-state index >= 15 is 0 Å². The van der Waals surface area contributed by atoms with Crippen LogP contribution in [0, 0.1) is 0 Å². The maximum atomic E-state index is 11.4. The van der Waals surface area contributed by atoms with Crippen molar-refractivity contribution >= 4 is 35.1 Å². The third-order valence-corrected chi connectivity index (χ3v) is 2.76. The summed E-state index contributed by atoms with van der Waals surface area (Å²) >= 11 is 11.6. The molecule has 1 rings (SSSR count). The summed E-state index contributed by atoms with van der Waals surface area (Å²) in [6.07, 6.45) is 0.0383. The molecule has 0 radical (unpaired) electrons. The molecular formula is C12H13Cl2NO4. The summed E-state index contributed by atoms with van der Waals surface area (Å²) in [7, 11) is 0. The molecule has 0 spiro atoms. The number of carbonyl (C=O) groups excluding carboxylic acids is 1. The van der Waals surface area contributed by atoms with Gasteiger partial charge in [0.15, 0.2) is 0 Å². The Morgan fingerprint density at radius 3 is 2.68 bits per heavy atom. The lowest BCUT2D eigenvalue weighted by molar-refractivity contribution is -0.141. The van der Waals surface area contributed by atoms with Crippen LogP contribution in [0.25, 0.3) is 0 Å². The molecule has 2 N–H and O–H groups in total. The van der Waals surface area contributed by atoms with Crippen molar-refractivity contribution in [3.05, 3.63) is 28.2 Å². The van der Waals surface area contributed by atoms with Gasteiger partial charge in [-0.05, 0) is 25.1 Å². The topological polar surface area (TPSA) is 75.6 Å². The minimum absolute atomic E-state index is 0.0383. The largest absolute Gasteiger partial charge is 0.491 e. The van der Waals surface area contributed by atoms with Gasteiger partial charge in [0.1, 0.15) is 11.8 Å². The Labute approximate surface area is 120 Å². The van der Waals surface area contributed by atoms with Crippen LogP contribution in [0.3, 0.4) is 0 Å². The van der Waals surface area contributed by atoms with E-state index in [1.807, 2.05) is 0 Å². The Balaban J connectivity index is 2.38. The van der Waals surface area contributed by atoms with Gasteiger partial charge in [0.25, 0.3) is 0 Å². The molecule has 0 aliphatic rings. The molecule has 0 aliphatic carbocycles. The molecule has 1 unspecified atom stereocenters. The number of aliphatic carboxylic acids is 1. The van der Waals surface area contributed by atoms with E-state index in [0.717, 1.165) is 0 Å². The highest BCUT2D eigenvalue weighted by Crippen LogP contribution is 2.27. The number of carbonyl (C=O) groups is 2. The SMILES string of the molecule is CC(NC(=O)CCOc1ccc(Cl)cc1Cl)C(=O)O. The van der Waals surface area contributed by atoms with Crippen LogP contribution in [0.4, 0.5) is 0 Å². The third kappa shape index (κ3) is 5.36. The zero-order chi connectivity index (χ0) is 14.4. The number of carboxylic acid groups (broad SMARTS) is 1. The summed E-state index contributed by atoms with van der Waals surface area (Å²) in [6.45, 7) is 1.48. The molecule has 0 fully saturated rings. The lowest BCUT2D eigenvalue weighted by atomic mass is 10.3. The van der Waals surface area contributed by atoms with E-state index in [1.165, 1.54) is 13.0 Å². The van der Waals surface area contributed by atoms with Crippen molar-refractivity contribution in [2.75, 3.05) is 6.61 Å². The van der Waals surface area contributed by atoms with Gasteiger partial charge in [-0.1, -0.05) is 23.2 Å². The van der Waals surface area contributed by atoms with Crippen molar-refractivity contribution in [1.82, 2.24) is 5.32 Å². The summed E-state index contributed by atoms with van der Waals surface area (Å²) in [4.78, 5) is 21.9. The molecular weight excluding hydrogens is 293 g/mol. The highest BCUT2D eigenvalue weighted by Gasteiger charge is 2.13. The van der Waals surface area contributed by atoms with Crippen molar-refractivity contribution in [3.8, 4) is 5.75 Å². The van der Waals surface area contributed by atoms with Crippen molar-refractivity contribution in [1.29, 1.82) is 0 Å². The van der Waals surface area contributed by atoms with E-state index in [2.05, 4.69) is 5.32 Å². The number of rotatable bonds is 6. The number of ether oxygens (including phenoxy) is 1. The summed E-state index contributed by atoms with van der Waals surface area (Å²) in [6, 6.07) is 3.83. The first-order chi connectivity index (χ1) is 8.90. The van der Waals surface area contributed by atoms with Crippen LogP contribution >= 0.6 is 23.2 Å². The Kier molecular flexibility index (Phi) is 5.92. The quantitative estimate of drug-likeness (QED) is 0.846. The van der Waals surface area contributed by atoms with E-state index in [9.17, 15) is 9.59 Å². The molecule has 0 aromatic heterocycles. The number of hydrogen-bond donors (Lipinski definition) is 2. The van der Waals surface area contributed by atoms with Gasteiger partial charge in [-0.3, -0.25) is 9.59 Å². The Morgan fingerprint density at radius 2 is 2.11 bits per heavy atom. The molecule has 0 heterocycles. The molecule has 0 saturated heterocycles. The second kappa shape index (κ2) is 7.21. The minimum atomic E-state index is -1.09. The van der Waals surface area contributed by atoms with Crippen molar-refractivity contribution < 1.29 is 19.4 Å². The fraction of sp³-hybridized carbons (Fsp3) is 0.333. The Morgan fingerprint density at radius 1 is 1.42 bits per heavy atom. The van der Waals surface area contributed by atoms with Gasteiger partial charge in [0, 0.05) is 5.02 Å². The maximum absolute atomic E-state index is 11.4. The second-order valence-electron chi connectivity index (χ2n) is 3.80. The van der Waals surface area contributed by atoms with E-state index in [1.54, 1.807) is 12.1 Å². The van der Waals surface area contributed by atoms with Gasteiger partial charge < -0.3 is 15.2 Å². The molecule has 1 aromatic carbocycles. The summed E-state index contributed by atoms with van der Waals surface area (Å²) in [5.41, 5.74) is 0. The second-order valence-corrected chi connectivity index (χ2v) is 4.64. The van der Waals surface area contributed by atoms with Gasteiger partial charge in [-0.2, -0.15) is 0 Å². The van der Waals surface area contributed by atoms with E-state index in [-0.39, 0.29) is 13.0 Å². The normalized spacial score (nSPS) is 11.7. The highest BCUT2D eigenvalue weighted by atomic mass is 35.5. The first-order valence-electron chi connectivity index (χ1n) is 5.50. The number of nitrogens with one attached hydrogen (secondary N) is 1. The van der Waals surface area contributed by atoms with Crippen LogP contribution < -0.4 is 10.1 Å². The monoisotopic (exact) mass is 305 g/mol. The molecule has 0 bridgehead atoms. The lowest BCUT2D eigenvalue weighted by Crippen LogP contribution is -2.38. The van der Waals surface area contributed by atoms with Crippen LogP contribution in [0.2, 0.25) is 10.0 Å². The summed E-state index contributed by atoms with van der Waals surface area (Å²) < 4.78 is 5.31. The molecule has 7 heteroatoms. The van der Waals surface area contributed by atoms with Crippen LogP contribution in [-0.4, -0.2) is 29.6 Å². The number of benzene rings is 1. The standard InChI is InChI=1S/C12H13Cl2NO4/c1-7(12(17)18)15-11(16)4-5-19-10-3-2-8(13)6-9(10)14/h2-3,6-7H,4-5H2,1H3,(H,15,16)(H,17,18). The number of carboxylic acids is 1. The van der Waals surface area contributed by atoms with E-state index < -0.39 is 17.9 Å². The van der Waals surface area contributed by atoms with E-state index in [4.69, 9.17) is 33.0 Å². The average molecular weight is 306 g/mol. The lowest BCUT2D eigenvalue weighted by Gasteiger charge is -2.10. The zero-order valence-electron chi connectivity index (χ0n) is 10.2. The summed E-state index contributed by atoms with van der Waals surface area (Å²) in [5.74, 6) is -1.07. The molecule has 1 atom stereocenters. The molecule has 19 heavy (non-hydrogen) atoms. The number of hydrogen-bond acceptors (Lipinski definition) is 3. The summed E-state index contributed by atoms with van der Waals surface area (Å²) in [5, 5.41) is 11.8. The van der Waals surface area contributed by atoms with Gasteiger partial charge in [0.05, 0.1) is 18.1 Å². The van der Waals surface area contributed by atoms with Gasteiger partial charge in [0.2, 0.25) is 5.91 Å². The first kappa shape index (κ1) is 15.6. The van der Waals surface area contributed by atoms with Crippen LogP contribution in [-0.2, 0) is 9.59 Å².